The predicted octanol–water partition coefficient (Wildman–Crippen LogP) is 3.58. The van der Waals surface area contributed by atoms with Crippen molar-refractivity contribution in [3.05, 3.63) is 0 Å². The van der Waals surface area contributed by atoms with Crippen molar-refractivity contribution in [3.8, 4) is 0 Å². The molecule has 0 amide bonds. The fourth-order valence-corrected chi connectivity index (χ4v) is 2.52. The van der Waals surface area contributed by atoms with Gasteiger partial charge in [0.2, 0.25) is 0 Å². The molecule has 2 N–H and O–H groups in total. The van der Waals surface area contributed by atoms with Gasteiger partial charge in [0.05, 0.1) is 0 Å². The van der Waals surface area contributed by atoms with E-state index in [4.69, 9.17) is 10.2 Å². The van der Waals surface area contributed by atoms with Gasteiger partial charge in [0.15, 0.2) is 0 Å². The van der Waals surface area contributed by atoms with Gasteiger partial charge in [0.25, 0.3) is 0 Å². The summed E-state index contributed by atoms with van der Waals surface area (Å²) in [5, 5.41) is 17.6. The zero-order valence-electron chi connectivity index (χ0n) is 13.7. The van der Waals surface area contributed by atoms with Crippen LogP contribution in [0.3, 0.4) is 0 Å². The van der Waals surface area contributed by atoms with Gasteiger partial charge in [-0.25, -0.2) is 0 Å². The zero-order chi connectivity index (χ0) is 14.9. The minimum Gasteiger partial charge on any atom is -0.396 e. The molecular formula is C17H37NO2. The molecule has 122 valence electrons. The first-order valence-corrected chi connectivity index (χ1v) is 8.79. The second-order valence-electron chi connectivity index (χ2n) is 5.82. The van der Waals surface area contributed by atoms with Crippen molar-refractivity contribution in [2.24, 2.45) is 0 Å². The summed E-state index contributed by atoms with van der Waals surface area (Å²) in [4.78, 5) is 2.60. The molecule has 0 bridgehead atoms. The van der Waals surface area contributed by atoms with Gasteiger partial charge < -0.3 is 15.1 Å². The highest BCUT2D eigenvalue weighted by Gasteiger charge is 2.04. The van der Waals surface area contributed by atoms with Gasteiger partial charge in [-0.05, 0) is 58.2 Å². The number of rotatable bonds is 16. The second kappa shape index (κ2) is 16.9. The van der Waals surface area contributed by atoms with Gasteiger partial charge in [-0.1, -0.05) is 39.0 Å². The third-order valence-electron chi connectivity index (χ3n) is 3.84. The first kappa shape index (κ1) is 19.9. The molecule has 0 heterocycles. The second-order valence-corrected chi connectivity index (χ2v) is 5.82. The molecule has 0 fully saturated rings. The molecule has 3 heteroatoms. The van der Waals surface area contributed by atoms with Crippen molar-refractivity contribution >= 4 is 0 Å². The highest BCUT2D eigenvalue weighted by Crippen LogP contribution is 2.07. The van der Waals surface area contributed by atoms with E-state index in [0.29, 0.717) is 13.2 Å². The van der Waals surface area contributed by atoms with E-state index in [1.165, 1.54) is 64.6 Å². The van der Waals surface area contributed by atoms with Crippen LogP contribution in [0.25, 0.3) is 0 Å². The van der Waals surface area contributed by atoms with Crippen molar-refractivity contribution in [2.45, 2.75) is 77.6 Å². The van der Waals surface area contributed by atoms with E-state index in [1.54, 1.807) is 0 Å². The summed E-state index contributed by atoms with van der Waals surface area (Å²) in [6, 6.07) is 0. The summed E-state index contributed by atoms with van der Waals surface area (Å²) in [5.74, 6) is 0. The van der Waals surface area contributed by atoms with Crippen molar-refractivity contribution in [2.75, 3.05) is 32.8 Å². The van der Waals surface area contributed by atoms with Gasteiger partial charge in [-0.15, -0.1) is 0 Å². The molecule has 0 aliphatic carbocycles. The van der Waals surface area contributed by atoms with Crippen LogP contribution in [0, 0.1) is 0 Å². The molecule has 0 rings (SSSR count). The summed E-state index contributed by atoms with van der Waals surface area (Å²) < 4.78 is 0. The monoisotopic (exact) mass is 287 g/mol. The lowest BCUT2D eigenvalue weighted by atomic mass is 10.1. The van der Waals surface area contributed by atoms with Crippen LogP contribution in [-0.4, -0.2) is 48.0 Å². The lowest BCUT2D eigenvalue weighted by Crippen LogP contribution is -2.27. The Labute approximate surface area is 126 Å². The lowest BCUT2D eigenvalue weighted by Gasteiger charge is -2.22. The molecule has 0 atom stereocenters. The molecule has 0 saturated heterocycles. The van der Waals surface area contributed by atoms with Crippen LogP contribution in [0.15, 0.2) is 0 Å². The van der Waals surface area contributed by atoms with Gasteiger partial charge in [0, 0.05) is 13.2 Å². The van der Waals surface area contributed by atoms with E-state index in [9.17, 15) is 0 Å². The van der Waals surface area contributed by atoms with E-state index in [0.717, 1.165) is 25.7 Å². The van der Waals surface area contributed by atoms with E-state index in [2.05, 4.69) is 11.8 Å². The van der Waals surface area contributed by atoms with Gasteiger partial charge in [-0.3, -0.25) is 0 Å². The van der Waals surface area contributed by atoms with Crippen molar-refractivity contribution in [3.63, 3.8) is 0 Å². The van der Waals surface area contributed by atoms with E-state index in [1.807, 2.05) is 0 Å². The molecule has 20 heavy (non-hydrogen) atoms. The molecule has 0 spiro atoms. The Morgan fingerprint density at radius 2 is 0.950 bits per heavy atom. The van der Waals surface area contributed by atoms with E-state index < -0.39 is 0 Å². The molecule has 0 aliphatic rings. The van der Waals surface area contributed by atoms with Gasteiger partial charge in [-0.2, -0.15) is 0 Å². The highest BCUT2D eigenvalue weighted by molar-refractivity contribution is 4.59. The Balaban J connectivity index is 3.67. The zero-order valence-corrected chi connectivity index (χ0v) is 13.7. The summed E-state index contributed by atoms with van der Waals surface area (Å²) in [6.07, 6.45) is 13.2. The number of nitrogens with zero attached hydrogens (tertiary/aromatic N) is 1. The molecule has 3 nitrogen and oxygen atoms in total. The average Bonchev–Trinajstić information content (AvgIpc) is 2.47. The Bertz CT molecular complexity index is 164. The fraction of sp³-hybridized carbons (Fsp3) is 1.00. The molecule has 0 aromatic rings. The number of hydrogen-bond acceptors (Lipinski definition) is 3. The minimum atomic E-state index is 0.331. The Hall–Kier alpha value is -0.120. The van der Waals surface area contributed by atoms with Crippen LogP contribution in [0.1, 0.15) is 77.6 Å². The number of unbranched alkanes of at least 4 members (excludes halogenated alkanes) is 8. The summed E-state index contributed by atoms with van der Waals surface area (Å²) >= 11 is 0. The molecular weight excluding hydrogens is 250 g/mol. The molecule has 0 aromatic heterocycles. The molecule has 0 aliphatic heterocycles. The molecule has 0 unspecified atom stereocenters. The van der Waals surface area contributed by atoms with Gasteiger partial charge >= 0.3 is 0 Å². The SMILES string of the molecule is CCCCCCN(CCCCCO)CCCCCCO. The third kappa shape index (κ3) is 14.3. The van der Waals surface area contributed by atoms with E-state index >= 15 is 0 Å². The van der Waals surface area contributed by atoms with Crippen LogP contribution in [0.4, 0.5) is 0 Å². The maximum absolute atomic E-state index is 8.82. The van der Waals surface area contributed by atoms with Crippen molar-refractivity contribution in [1.29, 1.82) is 0 Å². The molecule has 0 aromatic carbocycles. The van der Waals surface area contributed by atoms with Crippen LogP contribution in [0.2, 0.25) is 0 Å². The van der Waals surface area contributed by atoms with Crippen LogP contribution in [-0.2, 0) is 0 Å². The van der Waals surface area contributed by atoms with Crippen molar-refractivity contribution < 1.29 is 10.2 Å². The average molecular weight is 287 g/mol. The standard InChI is InChI=1S/C17H37NO2/c1-2-3-4-8-13-18(15-10-7-12-17-20)14-9-5-6-11-16-19/h19-20H,2-17H2,1H3. The quantitative estimate of drug-likeness (QED) is 0.426. The topological polar surface area (TPSA) is 43.7 Å². The summed E-state index contributed by atoms with van der Waals surface area (Å²) in [7, 11) is 0. The van der Waals surface area contributed by atoms with Crippen molar-refractivity contribution in [1.82, 2.24) is 4.90 Å². The van der Waals surface area contributed by atoms with Crippen LogP contribution < -0.4 is 0 Å². The smallest absolute Gasteiger partial charge is 0.0431 e. The number of aliphatic hydroxyl groups excluding tert-OH is 2. The molecule has 0 radical (unpaired) electrons. The number of hydrogen-bond donors (Lipinski definition) is 2. The summed E-state index contributed by atoms with van der Waals surface area (Å²) in [6.45, 7) is 6.55. The van der Waals surface area contributed by atoms with E-state index in [-0.39, 0.29) is 0 Å². The normalized spacial score (nSPS) is 11.4. The largest absolute Gasteiger partial charge is 0.396 e. The highest BCUT2D eigenvalue weighted by atomic mass is 16.3. The predicted molar refractivity (Wildman–Crippen MR) is 87.1 cm³/mol. The first-order chi connectivity index (χ1) is 9.85. The Morgan fingerprint density at radius 3 is 1.40 bits per heavy atom. The lowest BCUT2D eigenvalue weighted by molar-refractivity contribution is 0.241. The summed E-state index contributed by atoms with van der Waals surface area (Å²) in [5.41, 5.74) is 0. The van der Waals surface area contributed by atoms with Gasteiger partial charge in [0.1, 0.15) is 0 Å². The molecule has 0 saturated carbocycles. The Kier molecular flexibility index (Phi) is 16.8. The maximum Gasteiger partial charge on any atom is 0.0431 e. The fourth-order valence-electron chi connectivity index (χ4n) is 2.52. The third-order valence-corrected chi connectivity index (χ3v) is 3.84. The van der Waals surface area contributed by atoms with Crippen LogP contribution in [0.5, 0.6) is 0 Å². The maximum atomic E-state index is 8.82. The Morgan fingerprint density at radius 1 is 0.550 bits per heavy atom. The minimum absolute atomic E-state index is 0.331. The van der Waals surface area contributed by atoms with Crippen LogP contribution >= 0.6 is 0 Å². The number of aliphatic hydroxyl groups is 2. The first-order valence-electron chi connectivity index (χ1n) is 8.79.